The standard InChI is InChI=1S/C12H14N2O2S/c1-8-13-14-12(17-8)7-11(15)9-3-5-10(16-2)6-4-9/h3-6,11,15H,7H2,1-2H3. The van der Waals surface area contributed by atoms with Crippen molar-refractivity contribution >= 4 is 11.3 Å². The molecule has 90 valence electrons. The maximum atomic E-state index is 10.0. The van der Waals surface area contributed by atoms with Crippen molar-refractivity contribution in [3.05, 3.63) is 39.8 Å². The van der Waals surface area contributed by atoms with E-state index in [4.69, 9.17) is 4.74 Å². The molecule has 0 radical (unpaired) electrons. The fourth-order valence-electron chi connectivity index (χ4n) is 1.53. The van der Waals surface area contributed by atoms with Crippen LogP contribution in [0.2, 0.25) is 0 Å². The molecule has 0 fully saturated rings. The summed E-state index contributed by atoms with van der Waals surface area (Å²) < 4.78 is 5.07. The normalized spacial score (nSPS) is 12.4. The summed E-state index contributed by atoms with van der Waals surface area (Å²) in [5.41, 5.74) is 0.860. The molecule has 1 aromatic carbocycles. The number of aromatic nitrogens is 2. The van der Waals surface area contributed by atoms with Gasteiger partial charge in [0.05, 0.1) is 13.2 Å². The maximum Gasteiger partial charge on any atom is 0.120 e. The Balaban J connectivity index is 2.06. The Morgan fingerprint density at radius 2 is 2.00 bits per heavy atom. The largest absolute Gasteiger partial charge is 0.497 e. The molecule has 0 bridgehead atoms. The lowest BCUT2D eigenvalue weighted by molar-refractivity contribution is 0.178. The van der Waals surface area contributed by atoms with Crippen molar-refractivity contribution in [3.8, 4) is 5.75 Å². The maximum absolute atomic E-state index is 10.0. The lowest BCUT2D eigenvalue weighted by atomic mass is 10.1. The molecule has 1 unspecified atom stereocenters. The summed E-state index contributed by atoms with van der Waals surface area (Å²) in [6.45, 7) is 1.90. The average molecular weight is 250 g/mol. The Morgan fingerprint density at radius 1 is 1.29 bits per heavy atom. The second-order valence-corrected chi connectivity index (χ2v) is 4.97. The molecule has 0 aliphatic rings. The van der Waals surface area contributed by atoms with Gasteiger partial charge in [0.15, 0.2) is 0 Å². The number of aryl methyl sites for hydroxylation is 1. The lowest BCUT2D eigenvalue weighted by Gasteiger charge is -2.09. The van der Waals surface area contributed by atoms with Crippen molar-refractivity contribution in [2.75, 3.05) is 7.11 Å². The van der Waals surface area contributed by atoms with Gasteiger partial charge in [-0.1, -0.05) is 12.1 Å². The number of methoxy groups -OCH3 is 1. The van der Waals surface area contributed by atoms with Crippen LogP contribution in [0.15, 0.2) is 24.3 Å². The summed E-state index contributed by atoms with van der Waals surface area (Å²) >= 11 is 1.51. The number of rotatable bonds is 4. The van der Waals surface area contributed by atoms with Crippen molar-refractivity contribution in [1.82, 2.24) is 10.2 Å². The first-order chi connectivity index (χ1) is 8.19. The fraction of sp³-hybridized carbons (Fsp3) is 0.333. The minimum atomic E-state index is -0.548. The van der Waals surface area contributed by atoms with E-state index >= 15 is 0 Å². The van der Waals surface area contributed by atoms with Crippen molar-refractivity contribution < 1.29 is 9.84 Å². The van der Waals surface area contributed by atoms with Gasteiger partial charge in [-0.25, -0.2) is 0 Å². The summed E-state index contributed by atoms with van der Waals surface area (Å²) in [4.78, 5) is 0. The molecule has 5 heteroatoms. The molecule has 0 amide bonds. The number of aliphatic hydroxyl groups is 1. The fourth-order valence-corrected chi connectivity index (χ4v) is 2.27. The van der Waals surface area contributed by atoms with Gasteiger partial charge in [0, 0.05) is 6.42 Å². The molecule has 1 atom stereocenters. The highest BCUT2D eigenvalue weighted by Crippen LogP contribution is 2.22. The van der Waals surface area contributed by atoms with Gasteiger partial charge < -0.3 is 9.84 Å². The quantitative estimate of drug-likeness (QED) is 0.903. The summed E-state index contributed by atoms with van der Waals surface area (Å²) in [6.07, 6.45) is -0.0501. The Morgan fingerprint density at radius 3 is 2.53 bits per heavy atom. The molecule has 0 saturated carbocycles. The summed E-state index contributed by atoms with van der Waals surface area (Å²) in [6, 6.07) is 7.39. The number of ether oxygens (including phenoxy) is 1. The first-order valence-electron chi connectivity index (χ1n) is 5.30. The zero-order chi connectivity index (χ0) is 12.3. The molecular weight excluding hydrogens is 236 g/mol. The van der Waals surface area contributed by atoms with Crippen LogP contribution in [0.3, 0.4) is 0 Å². The molecule has 4 nitrogen and oxygen atoms in total. The van der Waals surface area contributed by atoms with Gasteiger partial charge in [-0.15, -0.1) is 21.5 Å². The van der Waals surface area contributed by atoms with Gasteiger partial charge in [0.2, 0.25) is 0 Å². The number of hydrogen-bond acceptors (Lipinski definition) is 5. The third kappa shape index (κ3) is 3.01. The van der Waals surface area contributed by atoms with Gasteiger partial charge in [-0.2, -0.15) is 0 Å². The van der Waals surface area contributed by atoms with Crippen molar-refractivity contribution in [1.29, 1.82) is 0 Å². The van der Waals surface area contributed by atoms with E-state index in [1.54, 1.807) is 7.11 Å². The lowest BCUT2D eigenvalue weighted by Crippen LogP contribution is -2.01. The van der Waals surface area contributed by atoms with Crippen LogP contribution in [0.1, 0.15) is 21.7 Å². The molecule has 1 heterocycles. The number of aliphatic hydroxyl groups excluding tert-OH is 1. The molecule has 0 aliphatic heterocycles. The van der Waals surface area contributed by atoms with Crippen LogP contribution in [0.4, 0.5) is 0 Å². The highest BCUT2D eigenvalue weighted by molar-refractivity contribution is 7.11. The molecule has 2 aromatic rings. The first kappa shape index (κ1) is 12.0. The molecule has 0 saturated heterocycles. The van der Waals surface area contributed by atoms with E-state index < -0.39 is 6.10 Å². The highest BCUT2D eigenvalue weighted by Gasteiger charge is 2.11. The predicted molar refractivity (Wildman–Crippen MR) is 66.3 cm³/mol. The third-order valence-electron chi connectivity index (χ3n) is 2.44. The molecule has 0 aliphatic carbocycles. The van der Waals surface area contributed by atoms with Gasteiger partial charge >= 0.3 is 0 Å². The van der Waals surface area contributed by atoms with E-state index in [-0.39, 0.29) is 0 Å². The first-order valence-corrected chi connectivity index (χ1v) is 6.11. The topological polar surface area (TPSA) is 55.2 Å². The van der Waals surface area contributed by atoms with Crippen LogP contribution in [0, 0.1) is 6.92 Å². The minimum Gasteiger partial charge on any atom is -0.497 e. The minimum absolute atomic E-state index is 0.498. The van der Waals surface area contributed by atoms with Crippen molar-refractivity contribution in [3.63, 3.8) is 0 Å². The number of hydrogen-bond donors (Lipinski definition) is 1. The molecular formula is C12H14N2O2S. The van der Waals surface area contributed by atoms with Gasteiger partial charge in [-0.05, 0) is 24.6 Å². The van der Waals surface area contributed by atoms with Crippen LogP contribution in [-0.2, 0) is 6.42 Å². The summed E-state index contributed by atoms with van der Waals surface area (Å²) in [5.74, 6) is 0.785. The van der Waals surface area contributed by atoms with Crippen molar-refractivity contribution in [2.24, 2.45) is 0 Å². The van der Waals surface area contributed by atoms with Crippen LogP contribution in [0.5, 0.6) is 5.75 Å². The SMILES string of the molecule is COc1ccc(C(O)Cc2nnc(C)s2)cc1. The Labute approximate surface area is 104 Å². The summed E-state index contributed by atoms with van der Waals surface area (Å²) in [7, 11) is 1.62. The second-order valence-electron chi connectivity index (χ2n) is 3.71. The Hall–Kier alpha value is -1.46. The van der Waals surface area contributed by atoms with E-state index in [0.29, 0.717) is 6.42 Å². The second kappa shape index (κ2) is 5.25. The van der Waals surface area contributed by atoms with E-state index in [9.17, 15) is 5.11 Å². The molecule has 2 rings (SSSR count). The van der Waals surface area contributed by atoms with E-state index in [1.807, 2.05) is 31.2 Å². The monoisotopic (exact) mass is 250 g/mol. The van der Waals surface area contributed by atoms with E-state index in [1.165, 1.54) is 11.3 Å². The van der Waals surface area contributed by atoms with Gasteiger partial charge in [-0.3, -0.25) is 0 Å². The number of nitrogens with zero attached hydrogens (tertiary/aromatic N) is 2. The Bertz CT molecular complexity index is 482. The van der Waals surface area contributed by atoms with Crippen LogP contribution < -0.4 is 4.74 Å². The summed E-state index contributed by atoms with van der Waals surface area (Å²) in [5, 5.41) is 19.7. The molecule has 0 spiro atoms. The van der Waals surface area contributed by atoms with Crippen LogP contribution in [-0.4, -0.2) is 22.4 Å². The van der Waals surface area contributed by atoms with Gasteiger partial charge in [0.1, 0.15) is 15.8 Å². The van der Waals surface area contributed by atoms with E-state index in [2.05, 4.69) is 10.2 Å². The highest BCUT2D eigenvalue weighted by atomic mass is 32.1. The third-order valence-corrected chi connectivity index (χ3v) is 3.30. The molecule has 1 N–H and O–H groups in total. The van der Waals surface area contributed by atoms with E-state index in [0.717, 1.165) is 21.3 Å². The molecule has 1 aromatic heterocycles. The van der Waals surface area contributed by atoms with Crippen LogP contribution >= 0.6 is 11.3 Å². The average Bonchev–Trinajstić information content (AvgIpc) is 2.75. The van der Waals surface area contributed by atoms with Gasteiger partial charge in [0.25, 0.3) is 0 Å². The number of benzene rings is 1. The predicted octanol–water partition coefficient (Wildman–Crippen LogP) is 2.13. The zero-order valence-corrected chi connectivity index (χ0v) is 10.6. The Kier molecular flexibility index (Phi) is 3.71. The smallest absolute Gasteiger partial charge is 0.120 e. The zero-order valence-electron chi connectivity index (χ0n) is 9.75. The van der Waals surface area contributed by atoms with Crippen LogP contribution in [0.25, 0.3) is 0 Å². The van der Waals surface area contributed by atoms with Crippen molar-refractivity contribution in [2.45, 2.75) is 19.4 Å². The molecule has 17 heavy (non-hydrogen) atoms.